The minimum absolute atomic E-state index is 0.168. The molecular formula is C23H21FN4O3S. The van der Waals surface area contributed by atoms with Gasteiger partial charge in [0.1, 0.15) is 11.4 Å². The molecule has 164 valence electrons. The van der Waals surface area contributed by atoms with Crippen molar-refractivity contribution < 1.29 is 18.8 Å². The van der Waals surface area contributed by atoms with E-state index in [2.05, 4.69) is 16.1 Å². The van der Waals surface area contributed by atoms with Gasteiger partial charge in [0.05, 0.1) is 12.6 Å². The van der Waals surface area contributed by atoms with E-state index in [9.17, 15) is 18.8 Å². The number of hydrazine groups is 1. The summed E-state index contributed by atoms with van der Waals surface area (Å²) in [5.41, 5.74) is 2.51. The predicted molar refractivity (Wildman–Crippen MR) is 118 cm³/mol. The molecule has 1 saturated heterocycles. The Kier molecular flexibility index (Phi) is 6.02. The van der Waals surface area contributed by atoms with E-state index in [1.807, 2.05) is 23.6 Å². The molecule has 0 bridgehead atoms. The summed E-state index contributed by atoms with van der Waals surface area (Å²) in [6.45, 7) is 1.42. The molecule has 1 fully saturated rings. The Labute approximate surface area is 188 Å². The highest BCUT2D eigenvalue weighted by Crippen LogP contribution is 2.28. The SMILES string of the molecule is C[C@]1(c2ccccc2)NC(=O)N(NC(=O)CN[C@@H](c2ccc(F)cc2)c2cccs2)C1=O. The van der Waals surface area contributed by atoms with Crippen LogP contribution in [0.3, 0.4) is 0 Å². The number of imide groups is 1. The van der Waals surface area contributed by atoms with E-state index >= 15 is 0 Å². The largest absolute Gasteiger partial charge is 0.344 e. The number of carbonyl (C=O) groups is 3. The molecule has 0 radical (unpaired) electrons. The first-order valence-electron chi connectivity index (χ1n) is 9.92. The van der Waals surface area contributed by atoms with Crippen LogP contribution >= 0.6 is 11.3 Å². The first-order chi connectivity index (χ1) is 15.4. The van der Waals surface area contributed by atoms with Gasteiger partial charge in [0.2, 0.25) is 0 Å². The number of nitrogens with zero attached hydrogens (tertiary/aromatic N) is 1. The molecule has 1 aromatic heterocycles. The van der Waals surface area contributed by atoms with Gasteiger partial charge in [-0.15, -0.1) is 11.3 Å². The normalized spacial score (nSPS) is 19.0. The van der Waals surface area contributed by atoms with Crippen molar-refractivity contribution >= 4 is 29.2 Å². The Morgan fingerprint density at radius 1 is 1.09 bits per heavy atom. The average molecular weight is 453 g/mol. The third-order valence-electron chi connectivity index (χ3n) is 5.28. The fourth-order valence-corrected chi connectivity index (χ4v) is 4.39. The van der Waals surface area contributed by atoms with Gasteiger partial charge in [-0.05, 0) is 41.6 Å². The number of hydrogen-bond donors (Lipinski definition) is 3. The fraction of sp³-hybridized carbons (Fsp3) is 0.174. The van der Waals surface area contributed by atoms with Crippen molar-refractivity contribution in [3.8, 4) is 0 Å². The molecule has 9 heteroatoms. The van der Waals surface area contributed by atoms with E-state index in [0.717, 1.165) is 10.4 Å². The van der Waals surface area contributed by atoms with Crippen molar-refractivity contribution in [1.82, 2.24) is 21.1 Å². The van der Waals surface area contributed by atoms with Crippen LogP contribution in [0.25, 0.3) is 0 Å². The molecule has 2 atom stereocenters. The van der Waals surface area contributed by atoms with Crippen molar-refractivity contribution in [2.24, 2.45) is 0 Å². The summed E-state index contributed by atoms with van der Waals surface area (Å²) in [7, 11) is 0. The molecule has 4 rings (SSSR count). The molecule has 2 heterocycles. The van der Waals surface area contributed by atoms with Crippen LogP contribution in [-0.4, -0.2) is 29.4 Å². The standard InChI is InChI=1S/C23H21FN4O3S/c1-23(16-6-3-2-4-7-16)21(30)28(22(31)26-23)27-19(29)14-25-20(18-8-5-13-32-18)15-9-11-17(24)12-10-15/h2-13,20,25H,14H2,1H3,(H,26,31)(H,27,29)/t20-,23+/m0/s1. The molecule has 0 aliphatic carbocycles. The number of amides is 4. The van der Waals surface area contributed by atoms with Crippen LogP contribution in [0, 0.1) is 5.82 Å². The second-order valence-electron chi connectivity index (χ2n) is 7.48. The van der Waals surface area contributed by atoms with Gasteiger partial charge in [-0.1, -0.05) is 48.5 Å². The Hall–Kier alpha value is -3.56. The average Bonchev–Trinajstić information content (AvgIpc) is 3.39. The van der Waals surface area contributed by atoms with Crippen LogP contribution in [0.1, 0.15) is 29.0 Å². The number of rotatable bonds is 7. The highest BCUT2D eigenvalue weighted by molar-refractivity contribution is 7.10. The minimum atomic E-state index is -1.27. The molecule has 32 heavy (non-hydrogen) atoms. The summed E-state index contributed by atoms with van der Waals surface area (Å²) in [5.74, 6) is -1.48. The zero-order valence-electron chi connectivity index (χ0n) is 17.2. The molecular weight excluding hydrogens is 431 g/mol. The van der Waals surface area contributed by atoms with Crippen molar-refractivity contribution in [3.63, 3.8) is 0 Å². The van der Waals surface area contributed by atoms with Crippen LogP contribution < -0.4 is 16.1 Å². The monoisotopic (exact) mass is 452 g/mol. The summed E-state index contributed by atoms with van der Waals surface area (Å²) in [5, 5.41) is 8.37. The quantitative estimate of drug-likeness (QED) is 0.481. The van der Waals surface area contributed by atoms with Gasteiger partial charge in [-0.25, -0.2) is 9.18 Å². The molecule has 7 nitrogen and oxygen atoms in total. The number of carbonyl (C=O) groups excluding carboxylic acids is 3. The van der Waals surface area contributed by atoms with Gasteiger partial charge in [-0.2, -0.15) is 5.01 Å². The molecule has 0 spiro atoms. The van der Waals surface area contributed by atoms with Crippen LogP contribution in [0.2, 0.25) is 0 Å². The second kappa shape index (κ2) is 8.89. The van der Waals surface area contributed by atoms with Gasteiger partial charge >= 0.3 is 6.03 Å². The number of benzene rings is 2. The van der Waals surface area contributed by atoms with Gasteiger partial charge in [0.15, 0.2) is 0 Å². The van der Waals surface area contributed by atoms with Crippen LogP contribution in [0.15, 0.2) is 72.1 Å². The Bertz CT molecular complexity index is 1120. The number of halogens is 1. The van der Waals surface area contributed by atoms with Gasteiger partial charge in [0.25, 0.3) is 11.8 Å². The molecule has 1 aliphatic rings. The summed E-state index contributed by atoms with van der Waals surface area (Å²) < 4.78 is 13.3. The lowest BCUT2D eigenvalue weighted by Gasteiger charge is -2.22. The van der Waals surface area contributed by atoms with E-state index in [0.29, 0.717) is 10.6 Å². The first-order valence-corrected chi connectivity index (χ1v) is 10.8. The summed E-state index contributed by atoms with van der Waals surface area (Å²) >= 11 is 1.50. The fourth-order valence-electron chi connectivity index (χ4n) is 3.56. The molecule has 3 N–H and O–H groups in total. The maximum absolute atomic E-state index is 13.3. The minimum Gasteiger partial charge on any atom is -0.318 e. The van der Waals surface area contributed by atoms with Crippen molar-refractivity contribution in [3.05, 3.63) is 93.9 Å². The highest BCUT2D eigenvalue weighted by atomic mass is 32.1. The van der Waals surface area contributed by atoms with E-state index in [1.54, 1.807) is 43.3 Å². The lowest BCUT2D eigenvalue weighted by atomic mass is 9.92. The number of hydrogen-bond acceptors (Lipinski definition) is 5. The van der Waals surface area contributed by atoms with E-state index in [4.69, 9.17) is 0 Å². The summed E-state index contributed by atoms with van der Waals surface area (Å²) in [4.78, 5) is 38.9. The zero-order valence-corrected chi connectivity index (χ0v) is 18.0. The molecule has 4 amide bonds. The second-order valence-corrected chi connectivity index (χ2v) is 8.46. The van der Waals surface area contributed by atoms with Gasteiger partial charge < -0.3 is 5.32 Å². The highest BCUT2D eigenvalue weighted by Gasteiger charge is 2.49. The topological polar surface area (TPSA) is 90.5 Å². The zero-order chi connectivity index (χ0) is 22.7. The van der Waals surface area contributed by atoms with Crippen molar-refractivity contribution in [2.75, 3.05) is 6.54 Å². The Morgan fingerprint density at radius 2 is 1.81 bits per heavy atom. The molecule has 0 saturated carbocycles. The smallest absolute Gasteiger partial charge is 0.318 e. The number of thiophene rings is 1. The van der Waals surface area contributed by atoms with Crippen LogP contribution in [-0.2, 0) is 15.1 Å². The third-order valence-corrected chi connectivity index (χ3v) is 6.21. The lowest BCUT2D eigenvalue weighted by Crippen LogP contribution is -2.50. The molecule has 1 aliphatic heterocycles. The van der Waals surface area contributed by atoms with Crippen LogP contribution in [0.4, 0.5) is 9.18 Å². The van der Waals surface area contributed by atoms with Crippen molar-refractivity contribution in [2.45, 2.75) is 18.5 Å². The van der Waals surface area contributed by atoms with Crippen LogP contribution in [0.5, 0.6) is 0 Å². The van der Waals surface area contributed by atoms with E-state index < -0.39 is 23.4 Å². The van der Waals surface area contributed by atoms with E-state index in [1.165, 1.54) is 23.5 Å². The summed E-state index contributed by atoms with van der Waals surface area (Å²) in [6.07, 6.45) is 0. The Morgan fingerprint density at radius 3 is 2.47 bits per heavy atom. The number of nitrogens with one attached hydrogen (secondary N) is 3. The van der Waals surface area contributed by atoms with Gasteiger partial charge in [0, 0.05) is 4.88 Å². The molecule has 3 aromatic rings. The predicted octanol–water partition coefficient (Wildman–Crippen LogP) is 3.06. The maximum atomic E-state index is 13.3. The van der Waals surface area contributed by atoms with Crippen molar-refractivity contribution in [1.29, 1.82) is 0 Å². The maximum Gasteiger partial charge on any atom is 0.344 e. The lowest BCUT2D eigenvalue weighted by molar-refractivity contribution is -0.138. The Balaban J connectivity index is 1.44. The third kappa shape index (κ3) is 4.25. The number of urea groups is 1. The molecule has 0 unspecified atom stereocenters. The van der Waals surface area contributed by atoms with E-state index in [-0.39, 0.29) is 18.4 Å². The molecule has 2 aromatic carbocycles. The first kappa shape index (κ1) is 21.7. The van der Waals surface area contributed by atoms with Gasteiger partial charge in [-0.3, -0.25) is 20.3 Å². The summed E-state index contributed by atoms with van der Waals surface area (Å²) in [6, 6.07) is 17.6.